The van der Waals surface area contributed by atoms with E-state index in [2.05, 4.69) is 6.58 Å². The molecule has 0 fully saturated rings. The number of hydrogen-bond acceptors (Lipinski definition) is 6. The molecule has 1 aliphatic rings. The van der Waals surface area contributed by atoms with Crippen LogP contribution in [-0.4, -0.2) is 23.3 Å². The molecule has 1 aromatic carbocycles. The van der Waals surface area contributed by atoms with Crippen molar-refractivity contribution in [3.05, 3.63) is 46.8 Å². The number of rotatable bonds is 5. The summed E-state index contributed by atoms with van der Waals surface area (Å²) in [5.41, 5.74) is -0.669. The molecule has 1 atom stereocenters. The highest BCUT2D eigenvalue weighted by Gasteiger charge is 2.39. The summed E-state index contributed by atoms with van der Waals surface area (Å²) in [6, 6.07) is 5.26. The van der Waals surface area contributed by atoms with Crippen LogP contribution in [0.1, 0.15) is 40.2 Å². The van der Waals surface area contributed by atoms with Crippen molar-refractivity contribution in [3.8, 4) is 11.5 Å². The Hall–Kier alpha value is -2.76. The molecule has 1 aliphatic heterocycles. The van der Waals surface area contributed by atoms with Crippen molar-refractivity contribution in [1.82, 2.24) is 0 Å². The zero-order valence-electron chi connectivity index (χ0n) is 16.3. The summed E-state index contributed by atoms with van der Waals surface area (Å²) in [5, 5.41) is 0.734. The van der Waals surface area contributed by atoms with Crippen LogP contribution in [-0.2, 0) is 16.0 Å². The second kappa shape index (κ2) is 6.44. The van der Waals surface area contributed by atoms with Crippen LogP contribution in [0.5, 0.6) is 11.5 Å². The van der Waals surface area contributed by atoms with Gasteiger partial charge in [-0.1, -0.05) is 6.58 Å². The Bertz CT molecular complexity index is 967. The first-order valence-corrected chi connectivity index (χ1v) is 8.80. The molecule has 144 valence electrons. The summed E-state index contributed by atoms with van der Waals surface area (Å²) in [7, 11) is 0. The molecular formula is C21H24O6. The summed E-state index contributed by atoms with van der Waals surface area (Å²) in [4.78, 5) is 23.6. The highest BCUT2D eigenvalue weighted by Crippen LogP contribution is 2.37. The van der Waals surface area contributed by atoms with Crippen molar-refractivity contribution in [3.63, 3.8) is 0 Å². The van der Waals surface area contributed by atoms with Gasteiger partial charge in [0.25, 0.3) is 0 Å². The predicted molar refractivity (Wildman–Crippen MR) is 101 cm³/mol. The minimum atomic E-state index is -0.778. The van der Waals surface area contributed by atoms with Crippen LogP contribution in [0.25, 0.3) is 11.0 Å². The number of ether oxygens (including phenoxy) is 3. The molecule has 27 heavy (non-hydrogen) atoms. The number of carbonyl (C=O) groups is 1. The predicted octanol–water partition coefficient (Wildman–Crippen LogP) is 3.78. The lowest BCUT2D eigenvalue weighted by Gasteiger charge is -2.30. The molecule has 0 radical (unpaired) electrons. The van der Waals surface area contributed by atoms with E-state index in [9.17, 15) is 9.59 Å². The topological polar surface area (TPSA) is 75.0 Å². The molecule has 3 rings (SSSR count). The fourth-order valence-electron chi connectivity index (χ4n) is 3.06. The molecule has 0 amide bonds. The zero-order chi connectivity index (χ0) is 20.0. The maximum Gasteiger partial charge on any atom is 0.379 e. The molecule has 0 spiro atoms. The summed E-state index contributed by atoms with van der Waals surface area (Å²) < 4.78 is 22.5. The molecular weight excluding hydrogens is 348 g/mol. The van der Waals surface area contributed by atoms with Gasteiger partial charge in [0.1, 0.15) is 28.6 Å². The first kappa shape index (κ1) is 19.0. The van der Waals surface area contributed by atoms with Gasteiger partial charge in [-0.15, -0.1) is 0 Å². The van der Waals surface area contributed by atoms with Crippen molar-refractivity contribution in [2.75, 3.05) is 0 Å². The summed E-state index contributed by atoms with van der Waals surface area (Å²) >= 11 is 0. The van der Waals surface area contributed by atoms with Crippen molar-refractivity contribution in [2.45, 2.75) is 58.3 Å². The Balaban J connectivity index is 1.95. The number of carbonyl (C=O) groups excluding carboxylic acids is 1. The molecule has 1 unspecified atom stereocenters. The fraction of sp³-hybridized carbons (Fsp3) is 0.429. The molecule has 2 aromatic rings. The van der Waals surface area contributed by atoms with Crippen LogP contribution in [0.2, 0.25) is 0 Å². The standard InChI is InChI=1S/C21H24O6/c1-7-20(3,4)27-17-9-13-8-14-10-18(21(5,6)26-12(2)22)24-15(14)11-16(13)25-19(17)23/h7-9,11,18H,1,10H2,2-6H3. The first-order valence-electron chi connectivity index (χ1n) is 8.80. The van der Waals surface area contributed by atoms with Gasteiger partial charge < -0.3 is 18.6 Å². The molecule has 6 heteroatoms. The lowest BCUT2D eigenvalue weighted by Crippen LogP contribution is -2.43. The number of esters is 1. The van der Waals surface area contributed by atoms with E-state index in [1.54, 1.807) is 18.2 Å². The van der Waals surface area contributed by atoms with Gasteiger partial charge in [0.05, 0.1) is 0 Å². The first-order chi connectivity index (χ1) is 12.5. The molecule has 0 bridgehead atoms. The molecule has 0 saturated heterocycles. The Morgan fingerprint density at radius 2 is 1.96 bits per heavy atom. The third-order valence-electron chi connectivity index (χ3n) is 4.60. The van der Waals surface area contributed by atoms with E-state index in [1.807, 2.05) is 33.8 Å². The Labute approximate surface area is 157 Å². The van der Waals surface area contributed by atoms with Gasteiger partial charge in [-0.05, 0) is 51.5 Å². The van der Waals surface area contributed by atoms with E-state index >= 15 is 0 Å². The smallest absolute Gasteiger partial charge is 0.379 e. The van der Waals surface area contributed by atoms with Crippen LogP contribution >= 0.6 is 0 Å². The van der Waals surface area contributed by atoms with Gasteiger partial charge in [-0.25, -0.2) is 4.79 Å². The summed E-state index contributed by atoms with van der Waals surface area (Å²) in [6.45, 7) is 12.3. The van der Waals surface area contributed by atoms with Gasteiger partial charge in [-0.2, -0.15) is 0 Å². The van der Waals surface area contributed by atoms with Crippen LogP contribution < -0.4 is 15.1 Å². The van der Waals surface area contributed by atoms with Gasteiger partial charge in [0.2, 0.25) is 5.75 Å². The molecule has 6 nitrogen and oxygen atoms in total. The minimum absolute atomic E-state index is 0.128. The van der Waals surface area contributed by atoms with Crippen LogP contribution in [0.3, 0.4) is 0 Å². The van der Waals surface area contributed by atoms with E-state index in [0.717, 1.165) is 10.9 Å². The Morgan fingerprint density at radius 3 is 2.59 bits per heavy atom. The highest BCUT2D eigenvalue weighted by molar-refractivity contribution is 5.81. The van der Waals surface area contributed by atoms with Crippen molar-refractivity contribution >= 4 is 16.9 Å². The van der Waals surface area contributed by atoms with E-state index in [4.69, 9.17) is 18.6 Å². The van der Waals surface area contributed by atoms with Crippen molar-refractivity contribution in [2.24, 2.45) is 0 Å². The average Bonchev–Trinajstić information content (AvgIpc) is 2.96. The average molecular weight is 372 g/mol. The number of benzene rings is 1. The van der Waals surface area contributed by atoms with E-state index in [1.165, 1.54) is 6.92 Å². The van der Waals surface area contributed by atoms with Crippen LogP contribution in [0.15, 0.2) is 40.1 Å². The second-order valence-electron chi connectivity index (χ2n) is 7.81. The maximum atomic E-state index is 12.2. The number of hydrogen-bond donors (Lipinski definition) is 0. The quantitative estimate of drug-likeness (QED) is 0.452. The largest absolute Gasteiger partial charge is 0.485 e. The third-order valence-corrected chi connectivity index (χ3v) is 4.60. The zero-order valence-corrected chi connectivity index (χ0v) is 16.3. The van der Waals surface area contributed by atoms with Crippen LogP contribution in [0, 0.1) is 0 Å². The summed E-state index contributed by atoms with van der Waals surface area (Å²) in [5.74, 6) is 0.390. The third kappa shape index (κ3) is 3.84. The Morgan fingerprint density at radius 1 is 1.26 bits per heavy atom. The normalized spacial score (nSPS) is 16.6. The molecule has 0 aliphatic carbocycles. The van der Waals surface area contributed by atoms with Gasteiger partial charge in [0, 0.05) is 24.8 Å². The molecule has 0 N–H and O–H groups in total. The lowest BCUT2D eigenvalue weighted by atomic mass is 9.96. The minimum Gasteiger partial charge on any atom is -0.485 e. The van der Waals surface area contributed by atoms with E-state index < -0.39 is 16.8 Å². The summed E-state index contributed by atoms with van der Waals surface area (Å²) in [6.07, 6.45) is 1.88. The monoisotopic (exact) mass is 372 g/mol. The lowest BCUT2D eigenvalue weighted by molar-refractivity contribution is -0.161. The maximum absolute atomic E-state index is 12.2. The fourth-order valence-corrected chi connectivity index (χ4v) is 3.06. The van der Waals surface area contributed by atoms with Crippen LogP contribution in [0.4, 0.5) is 0 Å². The molecule has 0 saturated carbocycles. The molecule has 2 heterocycles. The van der Waals surface area contributed by atoms with Gasteiger partial charge in [-0.3, -0.25) is 4.79 Å². The highest BCUT2D eigenvalue weighted by atomic mass is 16.6. The SMILES string of the molecule is C=CC(C)(C)Oc1cc2cc3c(cc2oc1=O)OC(C(C)(C)OC(C)=O)C3. The van der Waals surface area contributed by atoms with Gasteiger partial charge >= 0.3 is 11.6 Å². The Kier molecular flexibility index (Phi) is 4.54. The van der Waals surface area contributed by atoms with E-state index in [-0.39, 0.29) is 17.8 Å². The molecule has 1 aromatic heterocycles. The van der Waals surface area contributed by atoms with Gasteiger partial charge in [0.15, 0.2) is 0 Å². The second-order valence-corrected chi connectivity index (χ2v) is 7.81. The number of fused-ring (bicyclic) bond motifs is 2. The van der Waals surface area contributed by atoms with Crippen molar-refractivity contribution < 1.29 is 23.4 Å². The van der Waals surface area contributed by atoms with Crippen molar-refractivity contribution in [1.29, 1.82) is 0 Å². The van der Waals surface area contributed by atoms with E-state index in [0.29, 0.717) is 17.8 Å².